The van der Waals surface area contributed by atoms with Gasteiger partial charge in [-0.05, 0) is 17.7 Å². The van der Waals surface area contributed by atoms with E-state index in [1.165, 1.54) is 6.92 Å². The monoisotopic (exact) mass is 423 g/mol. The number of anilines is 1. The molecule has 0 fully saturated rings. The second-order valence-corrected chi connectivity index (χ2v) is 6.78. The third kappa shape index (κ3) is 4.05. The summed E-state index contributed by atoms with van der Waals surface area (Å²) < 4.78 is 0. The van der Waals surface area contributed by atoms with Gasteiger partial charge in [0.1, 0.15) is 0 Å². The lowest BCUT2D eigenvalue weighted by atomic mass is 10.0. The molecule has 2 aromatic carbocycles. The van der Waals surface area contributed by atoms with E-state index in [1.807, 2.05) is 30.3 Å². The van der Waals surface area contributed by atoms with E-state index in [1.54, 1.807) is 24.3 Å². The molecule has 0 saturated heterocycles. The lowest BCUT2D eigenvalue weighted by Gasteiger charge is -2.18. The van der Waals surface area contributed by atoms with E-state index >= 15 is 0 Å². The quantitative estimate of drug-likeness (QED) is 0.557. The summed E-state index contributed by atoms with van der Waals surface area (Å²) in [4.78, 5) is 23.4. The molecule has 3 nitrogen and oxygen atoms in total. The molecule has 0 aliphatic carbocycles. The zero-order valence-electron chi connectivity index (χ0n) is 11.9. The minimum Gasteiger partial charge on any atom is -0.326 e. The Labute approximate surface area is 146 Å². The van der Waals surface area contributed by atoms with Crippen molar-refractivity contribution in [1.82, 2.24) is 0 Å². The summed E-state index contributed by atoms with van der Waals surface area (Å²) >= 11 is 7.04. The highest BCUT2D eigenvalue weighted by Crippen LogP contribution is 2.34. The van der Waals surface area contributed by atoms with Crippen molar-refractivity contribution in [2.75, 3.05) is 5.32 Å². The highest BCUT2D eigenvalue weighted by atomic mass is 79.9. The van der Waals surface area contributed by atoms with Crippen LogP contribution >= 0.6 is 31.9 Å². The van der Waals surface area contributed by atoms with E-state index in [4.69, 9.17) is 0 Å². The van der Waals surface area contributed by atoms with E-state index in [9.17, 15) is 9.59 Å². The van der Waals surface area contributed by atoms with Gasteiger partial charge in [-0.15, -0.1) is 0 Å². The van der Waals surface area contributed by atoms with Crippen LogP contribution in [0.3, 0.4) is 0 Å². The SMILES string of the molecule is CC(=O)Nc1ccccc1C(=O)C(Br)C(Br)c1ccccc1. The summed E-state index contributed by atoms with van der Waals surface area (Å²) in [7, 11) is 0. The maximum atomic E-state index is 12.7. The van der Waals surface area contributed by atoms with Crippen LogP contribution in [-0.2, 0) is 4.79 Å². The van der Waals surface area contributed by atoms with Crippen LogP contribution in [0.2, 0.25) is 0 Å². The maximum absolute atomic E-state index is 12.7. The Morgan fingerprint density at radius 1 is 0.955 bits per heavy atom. The Balaban J connectivity index is 2.26. The summed E-state index contributed by atoms with van der Waals surface area (Å²) in [5, 5.41) is 2.69. The van der Waals surface area contributed by atoms with Gasteiger partial charge in [0.2, 0.25) is 5.91 Å². The molecule has 2 atom stereocenters. The number of alkyl halides is 2. The summed E-state index contributed by atoms with van der Waals surface area (Å²) in [5.74, 6) is -0.292. The van der Waals surface area contributed by atoms with Gasteiger partial charge in [-0.25, -0.2) is 0 Å². The Hall–Kier alpha value is -1.46. The fourth-order valence-corrected chi connectivity index (χ4v) is 3.18. The topological polar surface area (TPSA) is 46.2 Å². The van der Waals surface area contributed by atoms with Crippen molar-refractivity contribution in [1.29, 1.82) is 0 Å². The van der Waals surface area contributed by atoms with Gasteiger partial charge in [0.05, 0.1) is 15.3 Å². The van der Waals surface area contributed by atoms with Gasteiger partial charge >= 0.3 is 0 Å². The minimum atomic E-state index is -0.440. The summed E-state index contributed by atoms with van der Waals surface area (Å²) in [6.45, 7) is 1.42. The van der Waals surface area contributed by atoms with Gasteiger partial charge in [-0.2, -0.15) is 0 Å². The first-order valence-corrected chi connectivity index (χ1v) is 8.57. The first-order valence-electron chi connectivity index (χ1n) is 6.74. The molecule has 0 aromatic heterocycles. The number of carbonyl (C=O) groups excluding carboxylic acids is 2. The van der Waals surface area contributed by atoms with Crippen LogP contribution in [0.5, 0.6) is 0 Å². The Bertz CT molecular complexity index is 673. The van der Waals surface area contributed by atoms with Crippen molar-refractivity contribution in [2.45, 2.75) is 16.6 Å². The van der Waals surface area contributed by atoms with Crippen molar-refractivity contribution < 1.29 is 9.59 Å². The molecule has 2 rings (SSSR count). The van der Waals surface area contributed by atoms with Gasteiger partial charge in [0.15, 0.2) is 5.78 Å². The van der Waals surface area contributed by atoms with Gasteiger partial charge in [0.25, 0.3) is 0 Å². The number of hydrogen-bond donors (Lipinski definition) is 1. The van der Waals surface area contributed by atoms with Crippen LogP contribution in [0.15, 0.2) is 54.6 Å². The van der Waals surface area contributed by atoms with E-state index in [-0.39, 0.29) is 16.5 Å². The Morgan fingerprint density at radius 2 is 1.55 bits per heavy atom. The fraction of sp³-hybridized carbons (Fsp3) is 0.176. The molecular weight excluding hydrogens is 410 g/mol. The molecule has 0 saturated carbocycles. The van der Waals surface area contributed by atoms with Crippen LogP contribution in [0.25, 0.3) is 0 Å². The lowest BCUT2D eigenvalue weighted by molar-refractivity contribution is -0.114. The minimum absolute atomic E-state index is 0.0879. The predicted molar refractivity (Wildman–Crippen MR) is 95.9 cm³/mol. The van der Waals surface area contributed by atoms with Crippen molar-refractivity contribution in [2.24, 2.45) is 0 Å². The molecule has 0 heterocycles. The number of nitrogens with one attached hydrogen (secondary N) is 1. The summed E-state index contributed by atoms with van der Waals surface area (Å²) in [6, 6.07) is 16.7. The molecule has 0 bridgehead atoms. The molecule has 2 unspecified atom stereocenters. The van der Waals surface area contributed by atoms with Crippen LogP contribution in [0.1, 0.15) is 27.7 Å². The molecule has 0 aliphatic heterocycles. The van der Waals surface area contributed by atoms with E-state index in [0.717, 1.165) is 5.56 Å². The van der Waals surface area contributed by atoms with Crippen molar-refractivity contribution >= 4 is 49.2 Å². The first kappa shape index (κ1) is 16.9. The molecule has 5 heteroatoms. The molecule has 1 N–H and O–H groups in total. The summed E-state index contributed by atoms with van der Waals surface area (Å²) in [5.41, 5.74) is 2.02. The number of halogens is 2. The number of benzene rings is 2. The van der Waals surface area contributed by atoms with Gasteiger partial charge < -0.3 is 5.32 Å². The van der Waals surface area contributed by atoms with Gasteiger partial charge in [0, 0.05) is 12.5 Å². The normalized spacial score (nSPS) is 13.2. The maximum Gasteiger partial charge on any atom is 0.221 e. The zero-order chi connectivity index (χ0) is 16.1. The van der Waals surface area contributed by atoms with E-state index < -0.39 is 4.83 Å². The van der Waals surface area contributed by atoms with Crippen molar-refractivity contribution in [3.8, 4) is 0 Å². The lowest BCUT2D eigenvalue weighted by Crippen LogP contribution is -2.21. The number of amides is 1. The van der Waals surface area contributed by atoms with Crippen LogP contribution in [0.4, 0.5) is 5.69 Å². The predicted octanol–water partition coefficient (Wildman–Crippen LogP) is 4.73. The molecule has 114 valence electrons. The smallest absolute Gasteiger partial charge is 0.221 e. The molecule has 0 spiro atoms. The van der Waals surface area contributed by atoms with Crippen molar-refractivity contribution in [3.05, 3.63) is 65.7 Å². The zero-order valence-corrected chi connectivity index (χ0v) is 15.1. The molecule has 1 amide bonds. The first-order chi connectivity index (χ1) is 10.5. The number of rotatable bonds is 5. The Morgan fingerprint density at radius 3 is 2.18 bits per heavy atom. The number of hydrogen-bond acceptors (Lipinski definition) is 2. The third-order valence-corrected chi connectivity index (χ3v) is 5.84. The third-order valence-electron chi connectivity index (χ3n) is 3.13. The number of carbonyl (C=O) groups is 2. The second kappa shape index (κ2) is 7.70. The molecule has 2 aromatic rings. The number of ketones is 1. The Kier molecular flexibility index (Phi) is 5.91. The highest BCUT2D eigenvalue weighted by molar-refractivity contribution is 9.12. The van der Waals surface area contributed by atoms with Crippen LogP contribution < -0.4 is 5.32 Å². The van der Waals surface area contributed by atoms with Gasteiger partial charge in [-0.1, -0.05) is 74.3 Å². The number of Topliss-reactive ketones (excluding diaryl/α,β-unsaturated/α-hetero) is 1. The average molecular weight is 425 g/mol. The second-order valence-electron chi connectivity index (χ2n) is 4.81. The fourth-order valence-electron chi connectivity index (χ4n) is 2.08. The van der Waals surface area contributed by atoms with E-state index in [2.05, 4.69) is 37.2 Å². The van der Waals surface area contributed by atoms with Crippen LogP contribution in [-0.4, -0.2) is 16.5 Å². The molecule has 0 radical (unpaired) electrons. The van der Waals surface area contributed by atoms with Crippen molar-refractivity contribution in [3.63, 3.8) is 0 Å². The molecule has 0 aliphatic rings. The standard InChI is InChI=1S/C17H15Br2NO2/c1-11(21)20-14-10-6-5-9-13(14)17(22)16(19)15(18)12-7-3-2-4-8-12/h2-10,15-16H,1H3,(H,20,21). The van der Waals surface area contributed by atoms with E-state index in [0.29, 0.717) is 11.3 Å². The summed E-state index contributed by atoms with van der Waals surface area (Å²) in [6.07, 6.45) is 0. The largest absolute Gasteiger partial charge is 0.326 e. The van der Waals surface area contributed by atoms with Crippen LogP contribution in [0, 0.1) is 0 Å². The molecular formula is C17H15Br2NO2. The van der Waals surface area contributed by atoms with Gasteiger partial charge in [-0.3, -0.25) is 9.59 Å². The average Bonchev–Trinajstić information content (AvgIpc) is 2.53. The molecule has 22 heavy (non-hydrogen) atoms. The highest BCUT2D eigenvalue weighted by Gasteiger charge is 2.27. The number of para-hydroxylation sites is 1.